The normalized spacial score (nSPS) is 32.2. The third kappa shape index (κ3) is 3.33. The average molecular weight is 629 g/mol. The Labute approximate surface area is 244 Å². The average Bonchev–Trinajstić information content (AvgIpc) is 3.29. The van der Waals surface area contributed by atoms with Crippen molar-refractivity contribution in [2.45, 2.75) is 35.4 Å². The minimum atomic E-state index is -2.59. The number of halogens is 7. The molecule has 14 heteroatoms. The Morgan fingerprint density at radius 1 is 0.857 bits per heavy atom. The van der Waals surface area contributed by atoms with E-state index < -0.39 is 98.2 Å². The van der Waals surface area contributed by atoms with Crippen molar-refractivity contribution in [3.8, 4) is 5.75 Å². The van der Waals surface area contributed by atoms with Crippen LogP contribution in [0.4, 0.5) is 27.6 Å². The van der Waals surface area contributed by atoms with Crippen LogP contribution in [-0.4, -0.2) is 49.9 Å². The molecule has 4 amide bonds. The van der Waals surface area contributed by atoms with E-state index in [9.17, 15) is 46.2 Å². The number of phenolic OH excluding ortho intramolecular Hbond substituents is 1. The van der Waals surface area contributed by atoms with Gasteiger partial charge in [-0.2, -0.15) is 0 Å². The summed E-state index contributed by atoms with van der Waals surface area (Å²) in [6.07, 6.45) is 1.11. The topological polar surface area (TPSA) is 95.0 Å². The van der Waals surface area contributed by atoms with Crippen LogP contribution < -0.4 is 4.90 Å². The lowest BCUT2D eigenvalue weighted by Crippen LogP contribution is -2.60. The molecule has 0 aromatic heterocycles. The molecule has 7 nitrogen and oxygen atoms in total. The molecule has 2 aromatic carbocycles. The molecule has 0 unspecified atom stereocenters. The van der Waals surface area contributed by atoms with Gasteiger partial charge in [-0.05, 0) is 43.4 Å². The maximum Gasteiger partial charge on any atom is 0.258 e. The van der Waals surface area contributed by atoms with Crippen molar-refractivity contribution in [2.75, 3.05) is 11.4 Å². The van der Waals surface area contributed by atoms with Gasteiger partial charge in [0.15, 0.2) is 33.0 Å². The highest BCUT2D eigenvalue weighted by molar-refractivity contribution is 6.58. The maximum atomic E-state index is 15.0. The van der Waals surface area contributed by atoms with Gasteiger partial charge in [0, 0.05) is 12.5 Å². The molecule has 2 saturated heterocycles. The standard InChI is InChI=1S/C28H19Cl2F5N2O5/c1-2-36-23(39)13-8-7-12-14(15(13)24(36)40)9-27(29)25(41)37(22-20(34)18(32)17(31)19(33)21(22)35)26(42)28(27,30)16(12)10-3-5-11(38)6-4-10/h3-7,13-16,38H,2,8-9H2,1H3/t13-,14+,15-,16-,27+,28-/m0/s1. The number of likely N-dealkylation sites (tertiary alicyclic amines) is 1. The summed E-state index contributed by atoms with van der Waals surface area (Å²) >= 11 is 14.0. The number of aromatic hydroxyl groups is 1. The summed E-state index contributed by atoms with van der Waals surface area (Å²) in [7, 11) is 0. The van der Waals surface area contributed by atoms with Crippen LogP contribution in [0.1, 0.15) is 31.2 Å². The van der Waals surface area contributed by atoms with Crippen molar-refractivity contribution in [1.82, 2.24) is 4.90 Å². The molecule has 1 saturated carbocycles. The molecule has 2 aromatic rings. The molecule has 2 heterocycles. The van der Waals surface area contributed by atoms with Gasteiger partial charge in [-0.15, -0.1) is 23.2 Å². The van der Waals surface area contributed by atoms with Crippen LogP contribution in [-0.2, 0) is 19.2 Å². The van der Waals surface area contributed by atoms with Gasteiger partial charge >= 0.3 is 0 Å². The van der Waals surface area contributed by atoms with Crippen LogP contribution in [0.5, 0.6) is 5.75 Å². The van der Waals surface area contributed by atoms with Crippen molar-refractivity contribution >= 4 is 52.5 Å². The third-order valence-corrected chi connectivity index (χ3v) is 10.3. The number of fused-ring (bicyclic) bond motifs is 4. The molecule has 3 fully saturated rings. The fourth-order valence-corrected chi connectivity index (χ4v) is 7.92. The summed E-state index contributed by atoms with van der Waals surface area (Å²) in [6, 6.07) is 5.20. The number of rotatable bonds is 3. The summed E-state index contributed by atoms with van der Waals surface area (Å²) in [6.45, 7) is 1.68. The lowest BCUT2D eigenvalue weighted by Gasteiger charge is -2.50. The molecule has 220 valence electrons. The number of imide groups is 2. The third-order valence-electron chi connectivity index (χ3n) is 8.86. The second-order valence-corrected chi connectivity index (χ2v) is 11.9. The molecular weight excluding hydrogens is 610 g/mol. The largest absolute Gasteiger partial charge is 0.508 e. The van der Waals surface area contributed by atoms with Crippen molar-refractivity contribution < 1.29 is 46.2 Å². The van der Waals surface area contributed by atoms with Crippen molar-refractivity contribution in [1.29, 1.82) is 0 Å². The van der Waals surface area contributed by atoms with Crippen molar-refractivity contribution in [2.24, 2.45) is 17.8 Å². The van der Waals surface area contributed by atoms with Crippen LogP contribution >= 0.6 is 23.2 Å². The molecule has 2 aliphatic heterocycles. The van der Waals surface area contributed by atoms with Gasteiger partial charge in [-0.3, -0.25) is 24.1 Å². The molecule has 0 radical (unpaired) electrons. The highest BCUT2D eigenvalue weighted by Crippen LogP contribution is 2.66. The zero-order valence-corrected chi connectivity index (χ0v) is 22.9. The highest BCUT2D eigenvalue weighted by Gasteiger charge is 2.77. The van der Waals surface area contributed by atoms with Gasteiger partial charge in [0.2, 0.25) is 17.6 Å². The van der Waals surface area contributed by atoms with E-state index in [4.69, 9.17) is 23.2 Å². The van der Waals surface area contributed by atoms with Gasteiger partial charge in [-0.1, -0.05) is 23.8 Å². The molecule has 4 aliphatic rings. The zero-order valence-electron chi connectivity index (χ0n) is 21.4. The maximum absolute atomic E-state index is 15.0. The van der Waals surface area contributed by atoms with Crippen molar-refractivity contribution in [3.63, 3.8) is 0 Å². The molecule has 0 bridgehead atoms. The number of hydrogen-bond donors (Lipinski definition) is 1. The smallest absolute Gasteiger partial charge is 0.258 e. The van der Waals surface area contributed by atoms with Gasteiger partial charge in [-0.25, -0.2) is 26.9 Å². The second-order valence-electron chi connectivity index (χ2n) is 10.7. The summed E-state index contributed by atoms with van der Waals surface area (Å²) < 4.78 is 72.2. The predicted octanol–water partition coefficient (Wildman–Crippen LogP) is 4.67. The zero-order chi connectivity index (χ0) is 30.6. The second kappa shape index (κ2) is 9.24. The van der Waals surface area contributed by atoms with E-state index >= 15 is 0 Å². The van der Waals surface area contributed by atoms with Crippen LogP contribution in [0, 0.1) is 46.8 Å². The molecule has 1 N–H and O–H groups in total. The van der Waals surface area contributed by atoms with Gasteiger partial charge < -0.3 is 5.11 Å². The minimum absolute atomic E-state index is 0.0674. The van der Waals surface area contributed by atoms with E-state index in [0.29, 0.717) is 5.57 Å². The number of hydrogen-bond acceptors (Lipinski definition) is 5. The molecular formula is C28H19Cl2F5N2O5. The number of anilines is 1. The van der Waals surface area contributed by atoms with E-state index in [1.807, 2.05) is 0 Å². The number of carbonyl (C=O) groups excluding carboxylic acids is 4. The number of phenols is 1. The Morgan fingerprint density at radius 2 is 1.43 bits per heavy atom. The number of allylic oxidation sites excluding steroid dienone is 2. The lowest BCUT2D eigenvalue weighted by molar-refractivity contribution is -0.140. The molecule has 0 spiro atoms. The van der Waals surface area contributed by atoms with E-state index in [1.54, 1.807) is 13.0 Å². The molecule has 6 rings (SSSR count). The Morgan fingerprint density at radius 3 is 2.00 bits per heavy atom. The van der Waals surface area contributed by atoms with Crippen molar-refractivity contribution in [3.05, 3.63) is 70.6 Å². The first-order chi connectivity index (χ1) is 19.7. The molecule has 2 aliphatic carbocycles. The van der Waals surface area contributed by atoms with E-state index in [2.05, 4.69) is 0 Å². The predicted molar refractivity (Wildman–Crippen MR) is 137 cm³/mol. The Balaban J connectivity index is 1.60. The number of nitrogens with zero attached hydrogens (tertiary/aromatic N) is 2. The Bertz CT molecular complexity index is 1620. The molecule has 42 heavy (non-hydrogen) atoms. The fraction of sp³-hybridized carbons (Fsp3) is 0.357. The Hall–Kier alpha value is -3.51. The van der Waals surface area contributed by atoms with Crippen LogP contribution in [0.2, 0.25) is 0 Å². The van der Waals surface area contributed by atoms with Crippen LogP contribution in [0.25, 0.3) is 0 Å². The number of benzene rings is 2. The lowest BCUT2D eigenvalue weighted by atomic mass is 9.56. The Kier molecular flexibility index (Phi) is 6.29. The summed E-state index contributed by atoms with van der Waals surface area (Å²) in [4.78, 5) is 50.1. The minimum Gasteiger partial charge on any atom is -0.508 e. The summed E-state index contributed by atoms with van der Waals surface area (Å²) in [5.74, 6) is -20.6. The van der Waals surface area contributed by atoms with E-state index in [0.717, 1.165) is 4.90 Å². The monoisotopic (exact) mass is 628 g/mol. The first-order valence-corrected chi connectivity index (χ1v) is 13.6. The van der Waals surface area contributed by atoms with Gasteiger partial charge in [0.25, 0.3) is 11.8 Å². The molecule has 6 atom stereocenters. The van der Waals surface area contributed by atoms with Gasteiger partial charge in [0.05, 0.1) is 11.8 Å². The SMILES string of the molecule is CCN1C(=O)[C@H]2[C@H](CC=C3[C@H]2C[C@@]2(Cl)C(=O)N(c4c(F)c(F)c(F)c(F)c4F)C(=O)[C@@]2(Cl)[C@H]3c2ccc(O)cc2)C1=O. The van der Waals surface area contributed by atoms with Crippen LogP contribution in [0.3, 0.4) is 0 Å². The number of alkyl halides is 2. The fourth-order valence-electron chi connectivity index (χ4n) is 6.98. The van der Waals surface area contributed by atoms with Crippen LogP contribution in [0.15, 0.2) is 35.9 Å². The highest BCUT2D eigenvalue weighted by atomic mass is 35.5. The van der Waals surface area contributed by atoms with Gasteiger partial charge in [0.1, 0.15) is 11.4 Å². The first kappa shape index (κ1) is 28.6. The van der Waals surface area contributed by atoms with E-state index in [1.165, 1.54) is 24.3 Å². The number of carbonyl (C=O) groups is 4. The number of amides is 4. The first-order valence-electron chi connectivity index (χ1n) is 12.8. The summed E-state index contributed by atoms with van der Waals surface area (Å²) in [5.41, 5.74) is -1.29. The quantitative estimate of drug-likeness (QED) is 0.133. The summed E-state index contributed by atoms with van der Waals surface area (Å²) in [5, 5.41) is 9.88. The van der Waals surface area contributed by atoms with E-state index in [-0.39, 0.29) is 29.2 Å².